The summed E-state index contributed by atoms with van der Waals surface area (Å²) < 4.78 is 24.5. The van der Waals surface area contributed by atoms with E-state index in [1.807, 2.05) is 6.07 Å². The Morgan fingerprint density at radius 1 is 1.16 bits per heavy atom. The first-order chi connectivity index (χ1) is 15.5. The Kier molecular flexibility index (Phi) is 5.84. The van der Waals surface area contributed by atoms with E-state index in [0.717, 1.165) is 4.68 Å². The standard InChI is InChI=1S/C22H19FN4O5/c1-2-31-20(28)17-16(24-21(29)25-18(17)13-6-4-3-5-7-13)12-27-22(30)32-19(26-27)14-8-10-15(23)11-9-14/h3-11,18H,2,12H2,1H3,(H2,24,25,29)/t18-/m0/s1. The minimum atomic E-state index is -0.802. The normalized spacial score (nSPS) is 15.8. The zero-order valence-electron chi connectivity index (χ0n) is 17.0. The minimum Gasteiger partial charge on any atom is -0.463 e. The van der Waals surface area contributed by atoms with Crippen molar-refractivity contribution >= 4 is 12.0 Å². The molecule has 164 valence electrons. The molecule has 32 heavy (non-hydrogen) atoms. The molecule has 0 aliphatic carbocycles. The van der Waals surface area contributed by atoms with Crippen LogP contribution in [0.1, 0.15) is 18.5 Å². The highest BCUT2D eigenvalue weighted by Gasteiger charge is 2.34. The van der Waals surface area contributed by atoms with E-state index in [2.05, 4.69) is 15.7 Å². The lowest BCUT2D eigenvalue weighted by molar-refractivity contribution is -0.139. The van der Waals surface area contributed by atoms with Crippen molar-refractivity contribution < 1.29 is 23.1 Å². The Morgan fingerprint density at radius 3 is 2.56 bits per heavy atom. The number of carbonyl (C=O) groups is 2. The second-order valence-corrected chi connectivity index (χ2v) is 6.89. The molecule has 0 saturated carbocycles. The fourth-order valence-corrected chi connectivity index (χ4v) is 3.35. The van der Waals surface area contributed by atoms with Crippen molar-refractivity contribution in [3.05, 3.63) is 87.8 Å². The number of allylic oxidation sites excluding steroid dienone is 1. The van der Waals surface area contributed by atoms with Gasteiger partial charge in [-0.2, -0.15) is 4.68 Å². The Labute approximate surface area is 181 Å². The van der Waals surface area contributed by atoms with Crippen LogP contribution in [0.15, 0.2) is 75.1 Å². The molecule has 0 fully saturated rings. The van der Waals surface area contributed by atoms with Crippen LogP contribution in [0.5, 0.6) is 0 Å². The first-order valence-electron chi connectivity index (χ1n) is 9.82. The lowest BCUT2D eigenvalue weighted by Crippen LogP contribution is -2.47. The lowest BCUT2D eigenvalue weighted by atomic mass is 9.95. The monoisotopic (exact) mass is 438 g/mol. The minimum absolute atomic E-state index is 0.0202. The maximum Gasteiger partial charge on any atom is 0.437 e. The Bertz CT molecular complexity index is 1230. The Hall–Kier alpha value is -4.21. The number of nitrogens with zero attached hydrogens (tertiary/aromatic N) is 2. The summed E-state index contributed by atoms with van der Waals surface area (Å²) in [5, 5.41) is 9.41. The summed E-state index contributed by atoms with van der Waals surface area (Å²) in [5.41, 5.74) is 1.37. The molecule has 3 aromatic rings. The molecule has 2 heterocycles. The molecule has 1 aromatic heterocycles. The van der Waals surface area contributed by atoms with Crippen molar-refractivity contribution in [2.75, 3.05) is 6.61 Å². The van der Waals surface area contributed by atoms with E-state index in [4.69, 9.17) is 9.15 Å². The number of halogens is 1. The van der Waals surface area contributed by atoms with Gasteiger partial charge in [-0.3, -0.25) is 0 Å². The van der Waals surface area contributed by atoms with Gasteiger partial charge < -0.3 is 19.8 Å². The Morgan fingerprint density at radius 2 is 1.88 bits per heavy atom. The average molecular weight is 438 g/mol. The molecule has 0 radical (unpaired) electrons. The molecular weight excluding hydrogens is 419 g/mol. The summed E-state index contributed by atoms with van der Waals surface area (Å²) in [4.78, 5) is 37.5. The van der Waals surface area contributed by atoms with Gasteiger partial charge in [0.05, 0.1) is 30.5 Å². The first-order valence-corrected chi connectivity index (χ1v) is 9.82. The number of carbonyl (C=O) groups excluding carboxylic acids is 2. The maximum absolute atomic E-state index is 13.2. The van der Waals surface area contributed by atoms with Crippen molar-refractivity contribution in [1.82, 2.24) is 20.4 Å². The predicted molar refractivity (Wildman–Crippen MR) is 111 cm³/mol. The van der Waals surface area contributed by atoms with Crippen LogP contribution < -0.4 is 16.4 Å². The summed E-state index contributed by atoms with van der Waals surface area (Å²) in [6.45, 7) is 1.56. The number of urea groups is 1. The van der Waals surface area contributed by atoms with Gasteiger partial charge in [0, 0.05) is 5.56 Å². The van der Waals surface area contributed by atoms with Crippen LogP contribution in [0.4, 0.5) is 9.18 Å². The van der Waals surface area contributed by atoms with Gasteiger partial charge in [0.1, 0.15) is 5.82 Å². The van der Waals surface area contributed by atoms with Crippen molar-refractivity contribution in [2.24, 2.45) is 0 Å². The van der Waals surface area contributed by atoms with Crippen LogP contribution >= 0.6 is 0 Å². The molecule has 1 aliphatic rings. The molecule has 1 aliphatic heterocycles. The zero-order chi connectivity index (χ0) is 22.7. The molecule has 1 atom stereocenters. The third-order valence-electron chi connectivity index (χ3n) is 4.79. The number of amides is 2. The van der Waals surface area contributed by atoms with Gasteiger partial charge in [0.25, 0.3) is 0 Å². The average Bonchev–Trinajstić information content (AvgIpc) is 3.14. The van der Waals surface area contributed by atoms with Crippen molar-refractivity contribution in [1.29, 1.82) is 0 Å². The maximum atomic E-state index is 13.2. The molecule has 2 aromatic carbocycles. The molecule has 0 spiro atoms. The Balaban J connectivity index is 1.75. The third-order valence-corrected chi connectivity index (χ3v) is 4.79. The number of hydrogen-bond acceptors (Lipinski definition) is 6. The van der Waals surface area contributed by atoms with Crippen LogP contribution in [0.2, 0.25) is 0 Å². The number of rotatable bonds is 6. The first kappa shape index (κ1) is 21.0. The third kappa shape index (κ3) is 4.29. The van der Waals surface area contributed by atoms with Crippen LogP contribution in [0, 0.1) is 5.82 Å². The fourth-order valence-electron chi connectivity index (χ4n) is 3.35. The van der Waals surface area contributed by atoms with Crippen molar-refractivity contribution in [3.8, 4) is 11.5 Å². The van der Waals surface area contributed by atoms with E-state index >= 15 is 0 Å². The van der Waals surface area contributed by atoms with Crippen LogP contribution in [-0.4, -0.2) is 28.4 Å². The van der Waals surface area contributed by atoms with E-state index in [9.17, 15) is 18.8 Å². The van der Waals surface area contributed by atoms with Crippen molar-refractivity contribution in [3.63, 3.8) is 0 Å². The van der Waals surface area contributed by atoms with E-state index in [1.165, 1.54) is 24.3 Å². The number of aromatic nitrogens is 2. The topological polar surface area (TPSA) is 115 Å². The van der Waals surface area contributed by atoms with Crippen LogP contribution in [0.3, 0.4) is 0 Å². The van der Waals surface area contributed by atoms with E-state index in [0.29, 0.717) is 11.1 Å². The predicted octanol–water partition coefficient (Wildman–Crippen LogP) is 2.51. The number of benzene rings is 2. The number of hydrogen-bond donors (Lipinski definition) is 2. The summed E-state index contributed by atoms with van der Waals surface area (Å²) in [6, 6.07) is 12.9. The highest BCUT2D eigenvalue weighted by atomic mass is 19.1. The highest BCUT2D eigenvalue weighted by Crippen LogP contribution is 2.28. The molecule has 2 amide bonds. The SMILES string of the molecule is CCOC(=O)C1=C(Cn2nc(-c3ccc(F)cc3)oc2=O)NC(=O)N[C@H]1c1ccccc1. The van der Waals surface area contributed by atoms with Gasteiger partial charge in [-0.05, 0) is 36.8 Å². The zero-order valence-corrected chi connectivity index (χ0v) is 17.0. The number of nitrogens with one attached hydrogen (secondary N) is 2. The summed E-state index contributed by atoms with van der Waals surface area (Å²) >= 11 is 0. The van der Waals surface area contributed by atoms with Gasteiger partial charge in [-0.1, -0.05) is 30.3 Å². The largest absolute Gasteiger partial charge is 0.463 e. The van der Waals surface area contributed by atoms with Gasteiger partial charge in [0.2, 0.25) is 5.89 Å². The molecule has 2 N–H and O–H groups in total. The quantitative estimate of drug-likeness (QED) is 0.572. The highest BCUT2D eigenvalue weighted by molar-refractivity contribution is 5.95. The second-order valence-electron chi connectivity index (χ2n) is 6.89. The summed E-state index contributed by atoms with van der Waals surface area (Å²) in [6.07, 6.45) is 0. The molecule has 9 nitrogen and oxygen atoms in total. The second kappa shape index (κ2) is 8.88. The van der Waals surface area contributed by atoms with Gasteiger partial charge in [-0.15, -0.1) is 5.10 Å². The summed E-state index contributed by atoms with van der Waals surface area (Å²) in [7, 11) is 0. The molecular formula is C22H19FN4O5. The molecule has 4 rings (SSSR count). The molecule has 10 heteroatoms. The van der Waals surface area contributed by atoms with Gasteiger partial charge >= 0.3 is 17.8 Å². The van der Waals surface area contributed by atoms with E-state index < -0.39 is 29.6 Å². The van der Waals surface area contributed by atoms with E-state index in [-0.39, 0.29) is 30.3 Å². The number of esters is 1. The van der Waals surface area contributed by atoms with Crippen LogP contribution in [-0.2, 0) is 16.1 Å². The van der Waals surface area contributed by atoms with E-state index in [1.54, 1.807) is 31.2 Å². The number of ether oxygens (including phenoxy) is 1. The molecule has 0 saturated heterocycles. The fraction of sp³-hybridized carbons (Fsp3) is 0.182. The van der Waals surface area contributed by atoms with Gasteiger partial charge in [-0.25, -0.2) is 18.8 Å². The summed E-state index contributed by atoms with van der Waals surface area (Å²) in [5.74, 6) is -1.90. The smallest absolute Gasteiger partial charge is 0.437 e. The van der Waals surface area contributed by atoms with Gasteiger partial charge in [0.15, 0.2) is 0 Å². The molecule has 0 bridgehead atoms. The molecule has 0 unspecified atom stereocenters. The van der Waals surface area contributed by atoms with Crippen LogP contribution in [0.25, 0.3) is 11.5 Å². The van der Waals surface area contributed by atoms with Crippen molar-refractivity contribution in [2.45, 2.75) is 19.5 Å². The lowest BCUT2D eigenvalue weighted by Gasteiger charge is -2.29.